The molecule has 0 aliphatic heterocycles. The topological polar surface area (TPSA) is 55.2 Å². The maximum atomic E-state index is 10.2. The summed E-state index contributed by atoms with van der Waals surface area (Å²) in [5.74, 6) is 1.12. The molecule has 0 saturated heterocycles. The molecule has 0 spiro atoms. The maximum absolute atomic E-state index is 10.2. The summed E-state index contributed by atoms with van der Waals surface area (Å²) in [6.07, 6.45) is 2.49. The van der Waals surface area contributed by atoms with Gasteiger partial charge in [-0.15, -0.1) is 0 Å². The Morgan fingerprint density at radius 3 is 2.50 bits per heavy atom. The summed E-state index contributed by atoms with van der Waals surface area (Å²) >= 11 is 0. The van der Waals surface area contributed by atoms with Crippen LogP contribution in [0.3, 0.4) is 0 Å². The summed E-state index contributed by atoms with van der Waals surface area (Å²) in [6.45, 7) is 3.92. The second kappa shape index (κ2) is 5.60. The molecule has 0 radical (unpaired) electrons. The largest absolute Gasteiger partial charge is 0.491 e. The van der Waals surface area contributed by atoms with Crippen molar-refractivity contribution in [1.82, 2.24) is 9.97 Å². The van der Waals surface area contributed by atoms with E-state index < -0.39 is 6.10 Å². The van der Waals surface area contributed by atoms with Gasteiger partial charge in [-0.25, -0.2) is 9.97 Å². The molecular formula is C14H16N2O2. The fourth-order valence-corrected chi connectivity index (χ4v) is 1.63. The van der Waals surface area contributed by atoms with E-state index in [1.165, 1.54) is 0 Å². The van der Waals surface area contributed by atoms with E-state index in [0.29, 0.717) is 5.82 Å². The van der Waals surface area contributed by atoms with Crippen LogP contribution in [0.2, 0.25) is 0 Å². The van der Waals surface area contributed by atoms with Gasteiger partial charge in [0, 0.05) is 12.4 Å². The van der Waals surface area contributed by atoms with Crippen LogP contribution in [0.5, 0.6) is 5.75 Å². The third-order valence-electron chi connectivity index (χ3n) is 2.38. The minimum Gasteiger partial charge on any atom is -0.491 e. The highest BCUT2D eigenvalue weighted by atomic mass is 16.5. The van der Waals surface area contributed by atoms with Crippen molar-refractivity contribution < 1.29 is 9.84 Å². The van der Waals surface area contributed by atoms with Crippen LogP contribution in [0, 0.1) is 0 Å². The quantitative estimate of drug-likeness (QED) is 0.897. The molecule has 0 saturated carbocycles. The van der Waals surface area contributed by atoms with E-state index in [4.69, 9.17) is 4.74 Å². The van der Waals surface area contributed by atoms with Gasteiger partial charge in [-0.1, -0.05) is 12.1 Å². The lowest BCUT2D eigenvalue weighted by Gasteiger charge is -2.13. The first kappa shape index (κ1) is 12.5. The Labute approximate surface area is 106 Å². The number of hydrogen-bond acceptors (Lipinski definition) is 4. The fourth-order valence-electron chi connectivity index (χ4n) is 1.63. The zero-order chi connectivity index (χ0) is 13.0. The molecule has 94 valence electrons. The van der Waals surface area contributed by atoms with Crippen molar-refractivity contribution in [3.05, 3.63) is 54.1 Å². The van der Waals surface area contributed by atoms with Crippen molar-refractivity contribution in [3.8, 4) is 5.75 Å². The predicted octanol–water partition coefficient (Wildman–Crippen LogP) is 2.35. The fraction of sp³-hybridized carbons (Fsp3) is 0.286. The van der Waals surface area contributed by atoms with Gasteiger partial charge in [0.25, 0.3) is 0 Å². The molecule has 18 heavy (non-hydrogen) atoms. The van der Waals surface area contributed by atoms with Crippen LogP contribution in [0.1, 0.15) is 31.3 Å². The van der Waals surface area contributed by atoms with Gasteiger partial charge in [0.05, 0.1) is 6.10 Å². The average Bonchev–Trinajstić information content (AvgIpc) is 2.38. The van der Waals surface area contributed by atoms with E-state index in [1.54, 1.807) is 24.5 Å². The highest BCUT2D eigenvalue weighted by Gasteiger charge is 2.13. The zero-order valence-corrected chi connectivity index (χ0v) is 10.4. The third kappa shape index (κ3) is 3.05. The van der Waals surface area contributed by atoms with Gasteiger partial charge >= 0.3 is 0 Å². The summed E-state index contributed by atoms with van der Waals surface area (Å²) in [4.78, 5) is 8.09. The molecule has 1 aromatic heterocycles. The monoisotopic (exact) mass is 244 g/mol. The van der Waals surface area contributed by atoms with Crippen LogP contribution in [0.4, 0.5) is 0 Å². The van der Waals surface area contributed by atoms with Gasteiger partial charge in [0.2, 0.25) is 0 Å². The number of ether oxygens (including phenoxy) is 1. The molecule has 0 aliphatic rings. The van der Waals surface area contributed by atoms with Gasteiger partial charge in [-0.3, -0.25) is 0 Å². The van der Waals surface area contributed by atoms with Crippen molar-refractivity contribution in [2.24, 2.45) is 0 Å². The molecule has 1 aromatic carbocycles. The molecule has 2 aromatic rings. The first-order valence-electron chi connectivity index (χ1n) is 5.88. The van der Waals surface area contributed by atoms with Crippen LogP contribution in [-0.4, -0.2) is 21.2 Å². The third-order valence-corrected chi connectivity index (χ3v) is 2.38. The van der Waals surface area contributed by atoms with Crippen molar-refractivity contribution in [1.29, 1.82) is 0 Å². The van der Waals surface area contributed by atoms with Crippen molar-refractivity contribution in [2.75, 3.05) is 0 Å². The lowest BCUT2D eigenvalue weighted by atomic mass is 10.1. The van der Waals surface area contributed by atoms with E-state index >= 15 is 0 Å². The van der Waals surface area contributed by atoms with Gasteiger partial charge < -0.3 is 9.84 Å². The predicted molar refractivity (Wildman–Crippen MR) is 68.3 cm³/mol. The number of nitrogens with zero attached hydrogens (tertiary/aromatic N) is 2. The molecule has 4 nitrogen and oxygen atoms in total. The number of aliphatic hydroxyl groups excluding tert-OH is 1. The van der Waals surface area contributed by atoms with Crippen molar-refractivity contribution in [2.45, 2.75) is 26.1 Å². The SMILES string of the molecule is CC(C)Oc1cccc(C(O)c2ncccn2)c1. The van der Waals surface area contributed by atoms with Crippen LogP contribution in [0.15, 0.2) is 42.7 Å². The maximum Gasteiger partial charge on any atom is 0.161 e. The van der Waals surface area contributed by atoms with Gasteiger partial charge in [0.1, 0.15) is 11.9 Å². The Balaban J connectivity index is 2.23. The number of benzene rings is 1. The van der Waals surface area contributed by atoms with Crippen LogP contribution < -0.4 is 4.74 Å². The Hall–Kier alpha value is -1.94. The minimum absolute atomic E-state index is 0.102. The highest BCUT2D eigenvalue weighted by molar-refractivity contribution is 5.32. The lowest BCUT2D eigenvalue weighted by molar-refractivity contribution is 0.207. The van der Waals surface area contributed by atoms with Gasteiger partial charge in [-0.2, -0.15) is 0 Å². The summed E-state index contributed by atoms with van der Waals surface area (Å²) in [7, 11) is 0. The van der Waals surface area contributed by atoms with Gasteiger partial charge in [0.15, 0.2) is 5.82 Å². The Bertz CT molecular complexity index is 500. The first-order valence-corrected chi connectivity index (χ1v) is 5.88. The summed E-state index contributed by atoms with van der Waals surface area (Å²) in [5.41, 5.74) is 0.722. The minimum atomic E-state index is -0.832. The molecule has 1 heterocycles. The lowest BCUT2D eigenvalue weighted by Crippen LogP contribution is -2.07. The van der Waals surface area contributed by atoms with E-state index in [-0.39, 0.29) is 6.10 Å². The zero-order valence-electron chi connectivity index (χ0n) is 10.4. The Morgan fingerprint density at radius 1 is 1.11 bits per heavy atom. The van der Waals surface area contributed by atoms with E-state index in [9.17, 15) is 5.11 Å². The number of aliphatic hydroxyl groups is 1. The molecule has 2 rings (SSSR count). The Kier molecular flexibility index (Phi) is 3.89. The molecule has 1 N–H and O–H groups in total. The number of rotatable bonds is 4. The van der Waals surface area contributed by atoms with Crippen molar-refractivity contribution in [3.63, 3.8) is 0 Å². The Morgan fingerprint density at radius 2 is 1.83 bits per heavy atom. The second-order valence-corrected chi connectivity index (χ2v) is 4.25. The molecule has 1 unspecified atom stereocenters. The molecule has 1 atom stereocenters. The summed E-state index contributed by atoms with van der Waals surface area (Å²) < 4.78 is 5.59. The highest BCUT2D eigenvalue weighted by Crippen LogP contribution is 2.23. The summed E-state index contributed by atoms with van der Waals surface area (Å²) in [6, 6.07) is 9.06. The molecule has 0 amide bonds. The molecule has 4 heteroatoms. The normalized spacial score (nSPS) is 12.4. The van der Waals surface area contributed by atoms with Crippen LogP contribution >= 0.6 is 0 Å². The van der Waals surface area contributed by atoms with E-state index in [0.717, 1.165) is 11.3 Å². The smallest absolute Gasteiger partial charge is 0.161 e. The second-order valence-electron chi connectivity index (χ2n) is 4.25. The summed E-state index contributed by atoms with van der Waals surface area (Å²) in [5, 5.41) is 10.2. The first-order chi connectivity index (χ1) is 8.66. The molecule has 0 fully saturated rings. The standard InChI is InChI=1S/C14H16N2O2/c1-10(2)18-12-6-3-5-11(9-12)13(17)14-15-7-4-8-16-14/h3-10,13,17H,1-2H3. The number of aromatic nitrogens is 2. The number of hydrogen-bond donors (Lipinski definition) is 1. The van der Waals surface area contributed by atoms with E-state index in [2.05, 4.69) is 9.97 Å². The van der Waals surface area contributed by atoms with E-state index in [1.807, 2.05) is 32.0 Å². The molecule has 0 bridgehead atoms. The average molecular weight is 244 g/mol. The molecule has 0 aliphatic carbocycles. The van der Waals surface area contributed by atoms with Crippen LogP contribution in [-0.2, 0) is 0 Å². The van der Waals surface area contributed by atoms with Crippen LogP contribution in [0.25, 0.3) is 0 Å². The molecular weight excluding hydrogens is 228 g/mol. The van der Waals surface area contributed by atoms with Gasteiger partial charge in [-0.05, 0) is 37.6 Å². The van der Waals surface area contributed by atoms with Crippen molar-refractivity contribution >= 4 is 0 Å².